The molecule has 0 spiro atoms. The van der Waals surface area contributed by atoms with E-state index < -0.39 is 22.3 Å². The van der Waals surface area contributed by atoms with Gasteiger partial charge in [0.05, 0.1) is 11.0 Å². The second-order valence-electron chi connectivity index (χ2n) is 3.48. The molecule has 19 heavy (non-hydrogen) atoms. The Morgan fingerprint density at radius 2 is 2.11 bits per heavy atom. The molecule has 1 amide bonds. The molecular weight excluding hydrogens is 323 g/mol. The van der Waals surface area contributed by atoms with Crippen molar-refractivity contribution in [2.75, 3.05) is 5.32 Å². The van der Waals surface area contributed by atoms with Crippen molar-refractivity contribution < 1.29 is 18.5 Å². The molecule has 1 N–H and O–H groups in total. The van der Waals surface area contributed by atoms with E-state index >= 15 is 0 Å². The van der Waals surface area contributed by atoms with Gasteiger partial charge in [-0.1, -0.05) is 0 Å². The van der Waals surface area contributed by atoms with E-state index in [9.17, 15) is 19.3 Å². The number of nitro benzene ring substituents is 1. The summed E-state index contributed by atoms with van der Waals surface area (Å²) in [5, 5.41) is 13.0. The van der Waals surface area contributed by atoms with E-state index in [-0.39, 0.29) is 11.4 Å². The third-order valence-electron chi connectivity index (χ3n) is 2.20. The smallest absolute Gasteiger partial charge is 0.295 e. The zero-order chi connectivity index (χ0) is 14.0. The molecule has 0 aliphatic carbocycles. The largest absolute Gasteiger partial charge is 0.444 e. The lowest BCUT2D eigenvalue weighted by atomic mass is 10.2. The van der Waals surface area contributed by atoms with Crippen molar-refractivity contribution in [3.63, 3.8) is 0 Å². The highest BCUT2D eigenvalue weighted by Crippen LogP contribution is 2.26. The van der Waals surface area contributed by atoms with E-state index in [4.69, 9.17) is 4.42 Å². The van der Waals surface area contributed by atoms with Gasteiger partial charge in [0.2, 0.25) is 0 Å². The summed E-state index contributed by atoms with van der Waals surface area (Å²) in [6.07, 6.45) is 0. The number of benzene rings is 1. The Labute approximate surface area is 114 Å². The number of amides is 1. The summed E-state index contributed by atoms with van der Waals surface area (Å²) in [6, 6.07) is 5.76. The molecular formula is C11H6BrFN2O4. The highest BCUT2D eigenvalue weighted by atomic mass is 79.9. The van der Waals surface area contributed by atoms with Crippen molar-refractivity contribution in [1.29, 1.82) is 0 Å². The first-order chi connectivity index (χ1) is 8.97. The Morgan fingerprint density at radius 1 is 1.37 bits per heavy atom. The van der Waals surface area contributed by atoms with Gasteiger partial charge in [-0.05, 0) is 40.2 Å². The molecule has 98 valence electrons. The van der Waals surface area contributed by atoms with Crippen LogP contribution in [0.3, 0.4) is 0 Å². The van der Waals surface area contributed by atoms with Gasteiger partial charge < -0.3 is 9.73 Å². The van der Waals surface area contributed by atoms with Crippen molar-refractivity contribution >= 4 is 33.2 Å². The summed E-state index contributed by atoms with van der Waals surface area (Å²) in [5.74, 6) is -1.45. The summed E-state index contributed by atoms with van der Waals surface area (Å²) in [5.41, 5.74) is -0.636. The minimum Gasteiger partial charge on any atom is -0.444 e. The zero-order valence-electron chi connectivity index (χ0n) is 9.22. The SMILES string of the molecule is O=C(Nc1ccc(F)cc1[N+](=O)[O-])c1ccc(Br)o1. The molecule has 0 fully saturated rings. The van der Waals surface area contributed by atoms with Crippen LogP contribution >= 0.6 is 15.9 Å². The summed E-state index contributed by atoms with van der Waals surface area (Å²) in [4.78, 5) is 21.7. The number of halogens is 2. The van der Waals surface area contributed by atoms with Crippen molar-refractivity contribution in [3.8, 4) is 0 Å². The van der Waals surface area contributed by atoms with Crippen LogP contribution in [0.25, 0.3) is 0 Å². The van der Waals surface area contributed by atoms with Crippen LogP contribution in [0, 0.1) is 15.9 Å². The standard InChI is InChI=1S/C11H6BrFN2O4/c12-10-4-3-9(19-10)11(16)14-7-2-1-6(13)5-8(7)15(17)18/h1-5H,(H,14,16). The molecule has 0 saturated heterocycles. The maximum Gasteiger partial charge on any atom is 0.295 e. The molecule has 1 aromatic carbocycles. The van der Waals surface area contributed by atoms with Crippen molar-refractivity contribution in [2.24, 2.45) is 0 Å². The van der Waals surface area contributed by atoms with Gasteiger partial charge in [0.25, 0.3) is 11.6 Å². The normalized spacial score (nSPS) is 10.2. The van der Waals surface area contributed by atoms with Gasteiger partial charge in [0, 0.05) is 0 Å². The van der Waals surface area contributed by atoms with Gasteiger partial charge >= 0.3 is 0 Å². The Balaban J connectivity index is 2.28. The third kappa shape index (κ3) is 2.97. The van der Waals surface area contributed by atoms with Crippen LogP contribution in [0.5, 0.6) is 0 Å². The second kappa shape index (κ2) is 5.19. The maximum absolute atomic E-state index is 12.9. The predicted octanol–water partition coefficient (Wildman–Crippen LogP) is 3.34. The molecule has 0 aliphatic heterocycles. The van der Waals surface area contributed by atoms with Crippen molar-refractivity contribution in [2.45, 2.75) is 0 Å². The van der Waals surface area contributed by atoms with Crippen LogP contribution in [0.2, 0.25) is 0 Å². The van der Waals surface area contributed by atoms with E-state index in [1.54, 1.807) is 0 Å². The van der Waals surface area contributed by atoms with Gasteiger partial charge in [-0.3, -0.25) is 14.9 Å². The lowest BCUT2D eigenvalue weighted by Gasteiger charge is -2.04. The molecule has 0 saturated carbocycles. The summed E-state index contributed by atoms with van der Waals surface area (Å²) in [6.45, 7) is 0. The van der Waals surface area contributed by atoms with E-state index in [2.05, 4.69) is 21.2 Å². The summed E-state index contributed by atoms with van der Waals surface area (Å²) < 4.78 is 18.3. The average molecular weight is 329 g/mol. The Kier molecular flexibility index (Phi) is 3.61. The minimum absolute atomic E-state index is 0.0227. The first-order valence-electron chi connectivity index (χ1n) is 4.98. The number of nitrogens with zero attached hydrogens (tertiary/aromatic N) is 1. The van der Waals surface area contributed by atoms with Crippen molar-refractivity contribution in [1.82, 2.24) is 0 Å². The van der Waals surface area contributed by atoms with Crippen LogP contribution < -0.4 is 5.32 Å². The maximum atomic E-state index is 12.9. The molecule has 0 unspecified atom stereocenters. The second-order valence-corrected chi connectivity index (χ2v) is 4.26. The Bertz CT molecular complexity index is 656. The topological polar surface area (TPSA) is 85.4 Å². The number of hydrogen-bond acceptors (Lipinski definition) is 4. The number of carbonyl (C=O) groups excluding carboxylic acids is 1. The van der Waals surface area contributed by atoms with E-state index in [1.807, 2.05) is 0 Å². The Morgan fingerprint density at radius 3 is 2.68 bits per heavy atom. The number of hydrogen-bond donors (Lipinski definition) is 1. The van der Waals surface area contributed by atoms with Gasteiger partial charge in [0.15, 0.2) is 10.4 Å². The molecule has 8 heteroatoms. The summed E-state index contributed by atoms with van der Waals surface area (Å²) >= 11 is 3.03. The van der Waals surface area contributed by atoms with Crippen LogP contribution in [0.15, 0.2) is 39.4 Å². The minimum atomic E-state index is -0.781. The number of rotatable bonds is 3. The molecule has 1 aromatic heterocycles. The fourth-order valence-electron chi connectivity index (χ4n) is 1.38. The number of carbonyl (C=O) groups is 1. The van der Waals surface area contributed by atoms with Crippen LogP contribution in [0.1, 0.15) is 10.6 Å². The number of anilines is 1. The molecule has 2 aromatic rings. The monoisotopic (exact) mass is 328 g/mol. The van der Waals surface area contributed by atoms with Gasteiger partial charge in [0.1, 0.15) is 11.5 Å². The molecule has 6 nitrogen and oxygen atoms in total. The Hall–Kier alpha value is -2.22. The molecule has 2 rings (SSSR count). The molecule has 0 atom stereocenters. The van der Waals surface area contributed by atoms with Crippen LogP contribution in [-0.2, 0) is 0 Å². The predicted molar refractivity (Wildman–Crippen MR) is 67.4 cm³/mol. The van der Waals surface area contributed by atoms with Gasteiger partial charge in [-0.25, -0.2) is 4.39 Å². The number of nitro groups is 1. The molecule has 1 heterocycles. The molecule has 0 bridgehead atoms. The number of furan rings is 1. The van der Waals surface area contributed by atoms with Crippen molar-refractivity contribution in [3.05, 3.63) is 56.7 Å². The van der Waals surface area contributed by atoms with Gasteiger partial charge in [-0.15, -0.1) is 0 Å². The zero-order valence-corrected chi connectivity index (χ0v) is 10.8. The average Bonchev–Trinajstić information content (AvgIpc) is 2.78. The van der Waals surface area contributed by atoms with E-state index in [0.717, 1.165) is 18.2 Å². The molecule has 0 aliphatic rings. The first kappa shape index (κ1) is 13.2. The van der Waals surface area contributed by atoms with E-state index in [0.29, 0.717) is 4.67 Å². The van der Waals surface area contributed by atoms with Crippen LogP contribution in [0.4, 0.5) is 15.8 Å². The fourth-order valence-corrected chi connectivity index (χ4v) is 1.69. The summed E-state index contributed by atoms with van der Waals surface area (Å²) in [7, 11) is 0. The lowest BCUT2D eigenvalue weighted by molar-refractivity contribution is -0.384. The molecule has 0 radical (unpaired) electrons. The fraction of sp³-hybridized carbons (Fsp3) is 0. The third-order valence-corrected chi connectivity index (χ3v) is 2.63. The first-order valence-corrected chi connectivity index (χ1v) is 5.77. The highest BCUT2D eigenvalue weighted by molar-refractivity contribution is 9.10. The van der Waals surface area contributed by atoms with Gasteiger partial charge in [-0.2, -0.15) is 0 Å². The number of nitrogens with one attached hydrogen (secondary N) is 1. The highest BCUT2D eigenvalue weighted by Gasteiger charge is 2.19. The lowest BCUT2D eigenvalue weighted by Crippen LogP contribution is -2.12. The quantitative estimate of drug-likeness (QED) is 0.691. The van der Waals surface area contributed by atoms with E-state index in [1.165, 1.54) is 12.1 Å². The van der Waals surface area contributed by atoms with Crippen LogP contribution in [-0.4, -0.2) is 10.8 Å².